The second kappa shape index (κ2) is 11.6. The SMILES string of the molecule is CCCCOc1ccc(-c2ccc3c(F)c(CCc4ccc(OCC(F)(F)F)c(F)c4)ccc3c2)cc1. The highest BCUT2D eigenvalue weighted by atomic mass is 19.4. The average Bonchev–Trinajstić information content (AvgIpc) is 2.87. The number of rotatable bonds is 10. The molecular weight excluding hydrogens is 487 g/mol. The van der Waals surface area contributed by atoms with Crippen LogP contribution in [0.25, 0.3) is 21.9 Å². The second-order valence-electron chi connectivity index (χ2n) is 8.87. The molecule has 7 heteroatoms. The van der Waals surface area contributed by atoms with E-state index in [4.69, 9.17) is 4.74 Å². The van der Waals surface area contributed by atoms with E-state index in [1.165, 1.54) is 12.1 Å². The van der Waals surface area contributed by atoms with Gasteiger partial charge in [0, 0.05) is 5.39 Å². The first kappa shape index (κ1) is 26.5. The van der Waals surface area contributed by atoms with Crippen LogP contribution in [0.1, 0.15) is 30.9 Å². The standard InChI is InChI=1S/C30H27F5O2/c1-2-3-16-36-25-12-9-21(10-13-25)23-11-14-26-24(18-23)8-7-22(29(26)32)6-4-20-5-15-28(27(31)17-20)37-19-30(33,34)35/h5,7-15,17-18H,2-4,6,16,19H2,1H3. The molecule has 0 radical (unpaired) electrons. The summed E-state index contributed by atoms with van der Waals surface area (Å²) in [5.74, 6) is -0.868. The Labute approximate surface area is 212 Å². The van der Waals surface area contributed by atoms with Gasteiger partial charge in [0.1, 0.15) is 11.6 Å². The molecule has 0 spiro atoms. The maximum Gasteiger partial charge on any atom is 0.422 e. The lowest BCUT2D eigenvalue weighted by molar-refractivity contribution is -0.153. The van der Waals surface area contributed by atoms with Crippen molar-refractivity contribution in [2.75, 3.05) is 13.2 Å². The largest absolute Gasteiger partial charge is 0.494 e. The number of ether oxygens (including phenoxy) is 2. The quantitative estimate of drug-likeness (QED) is 0.156. The van der Waals surface area contributed by atoms with Crippen LogP contribution in [-0.4, -0.2) is 19.4 Å². The number of fused-ring (bicyclic) bond motifs is 1. The predicted molar refractivity (Wildman–Crippen MR) is 135 cm³/mol. The molecule has 0 saturated carbocycles. The third-order valence-corrected chi connectivity index (χ3v) is 6.06. The zero-order valence-electron chi connectivity index (χ0n) is 20.4. The molecule has 0 atom stereocenters. The molecule has 4 aromatic carbocycles. The molecule has 0 aliphatic rings. The Morgan fingerprint density at radius 1 is 0.757 bits per heavy atom. The molecule has 0 amide bonds. The van der Waals surface area contributed by atoms with Gasteiger partial charge >= 0.3 is 6.18 Å². The molecular formula is C30H27F5O2. The molecule has 2 nitrogen and oxygen atoms in total. The lowest BCUT2D eigenvalue weighted by Crippen LogP contribution is -2.19. The molecule has 194 valence electrons. The molecule has 0 fully saturated rings. The third kappa shape index (κ3) is 7.00. The van der Waals surface area contributed by atoms with Crippen LogP contribution in [0.2, 0.25) is 0 Å². The Morgan fingerprint density at radius 3 is 2.22 bits per heavy atom. The van der Waals surface area contributed by atoms with Crippen molar-refractivity contribution >= 4 is 10.8 Å². The highest BCUT2D eigenvalue weighted by molar-refractivity contribution is 5.88. The number of halogens is 5. The summed E-state index contributed by atoms with van der Waals surface area (Å²) in [5, 5.41) is 1.25. The minimum Gasteiger partial charge on any atom is -0.494 e. The molecule has 4 rings (SSSR count). The molecule has 0 aliphatic carbocycles. The van der Waals surface area contributed by atoms with Crippen LogP contribution in [0.3, 0.4) is 0 Å². The molecule has 4 aromatic rings. The van der Waals surface area contributed by atoms with Crippen LogP contribution in [-0.2, 0) is 12.8 Å². The van der Waals surface area contributed by atoms with Crippen molar-refractivity contribution < 1.29 is 31.4 Å². The fraction of sp³-hybridized carbons (Fsp3) is 0.267. The summed E-state index contributed by atoms with van der Waals surface area (Å²) in [6.07, 6.45) is -1.84. The summed E-state index contributed by atoms with van der Waals surface area (Å²) < 4.78 is 76.5. The van der Waals surface area contributed by atoms with E-state index in [2.05, 4.69) is 11.7 Å². The molecule has 0 heterocycles. The fourth-order valence-electron chi connectivity index (χ4n) is 4.04. The van der Waals surface area contributed by atoms with Gasteiger partial charge in [0.05, 0.1) is 6.61 Å². The lowest BCUT2D eigenvalue weighted by atomic mass is 9.97. The van der Waals surface area contributed by atoms with E-state index < -0.39 is 24.3 Å². The highest BCUT2D eigenvalue weighted by Gasteiger charge is 2.29. The number of alkyl halides is 3. The van der Waals surface area contributed by atoms with Crippen molar-refractivity contribution in [3.63, 3.8) is 0 Å². The van der Waals surface area contributed by atoms with Crippen molar-refractivity contribution in [1.82, 2.24) is 0 Å². The number of aryl methyl sites for hydroxylation is 2. The summed E-state index contributed by atoms with van der Waals surface area (Å²) in [6.45, 7) is 1.23. The third-order valence-electron chi connectivity index (χ3n) is 6.06. The Bertz CT molecular complexity index is 1350. The molecule has 0 bridgehead atoms. The van der Waals surface area contributed by atoms with Crippen molar-refractivity contribution in [3.8, 4) is 22.6 Å². The first-order valence-electron chi connectivity index (χ1n) is 12.2. The van der Waals surface area contributed by atoms with Crippen LogP contribution in [0, 0.1) is 11.6 Å². The smallest absolute Gasteiger partial charge is 0.422 e. The number of benzene rings is 4. The molecule has 37 heavy (non-hydrogen) atoms. The van der Waals surface area contributed by atoms with E-state index in [0.717, 1.165) is 41.2 Å². The average molecular weight is 515 g/mol. The Kier molecular flexibility index (Phi) is 8.31. The number of hydrogen-bond acceptors (Lipinski definition) is 2. The first-order chi connectivity index (χ1) is 17.7. The van der Waals surface area contributed by atoms with Gasteiger partial charge in [0.25, 0.3) is 0 Å². The molecule has 0 aromatic heterocycles. The Hall–Kier alpha value is -3.61. The monoisotopic (exact) mass is 514 g/mol. The fourth-order valence-corrected chi connectivity index (χ4v) is 4.04. The van der Waals surface area contributed by atoms with Gasteiger partial charge in [-0.25, -0.2) is 8.78 Å². The van der Waals surface area contributed by atoms with Crippen LogP contribution < -0.4 is 9.47 Å². The lowest BCUT2D eigenvalue weighted by Gasteiger charge is -2.12. The van der Waals surface area contributed by atoms with E-state index in [9.17, 15) is 17.6 Å². The Balaban J connectivity index is 1.44. The summed E-state index contributed by atoms with van der Waals surface area (Å²) in [7, 11) is 0. The normalized spacial score (nSPS) is 11.6. The molecule has 0 aliphatic heterocycles. The van der Waals surface area contributed by atoms with Crippen LogP contribution in [0.5, 0.6) is 11.5 Å². The minimum absolute atomic E-state index is 0.311. The summed E-state index contributed by atoms with van der Waals surface area (Å²) >= 11 is 0. The van der Waals surface area contributed by atoms with Crippen molar-refractivity contribution in [2.24, 2.45) is 0 Å². The van der Waals surface area contributed by atoms with Crippen LogP contribution >= 0.6 is 0 Å². The first-order valence-corrected chi connectivity index (χ1v) is 12.2. The summed E-state index contributed by atoms with van der Waals surface area (Å²) in [4.78, 5) is 0. The Morgan fingerprint density at radius 2 is 1.51 bits per heavy atom. The van der Waals surface area contributed by atoms with Crippen molar-refractivity contribution in [1.29, 1.82) is 0 Å². The summed E-state index contributed by atoms with van der Waals surface area (Å²) in [6, 6.07) is 20.7. The van der Waals surface area contributed by atoms with E-state index >= 15 is 4.39 Å². The van der Waals surface area contributed by atoms with Crippen molar-refractivity contribution in [2.45, 2.75) is 38.8 Å². The van der Waals surface area contributed by atoms with Gasteiger partial charge in [-0.2, -0.15) is 13.2 Å². The second-order valence-corrected chi connectivity index (χ2v) is 8.87. The molecule has 0 saturated heterocycles. The van der Waals surface area contributed by atoms with Gasteiger partial charge in [-0.3, -0.25) is 0 Å². The van der Waals surface area contributed by atoms with Gasteiger partial charge in [0.2, 0.25) is 0 Å². The zero-order valence-corrected chi connectivity index (χ0v) is 20.4. The topological polar surface area (TPSA) is 18.5 Å². The molecule has 0 unspecified atom stereocenters. The van der Waals surface area contributed by atoms with E-state index in [1.54, 1.807) is 12.1 Å². The van der Waals surface area contributed by atoms with E-state index in [0.29, 0.717) is 36.0 Å². The van der Waals surface area contributed by atoms with Gasteiger partial charge < -0.3 is 9.47 Å². The van der Waals surface area contributed by atoms with Crippen LogP contribution in [0.15, 0.2) is 72.8 Å². The van der Waals surface area contributed by atoms with Gasteiger partial charge in [0.15, 0.2) is 18.2 Å². The van der Waals surface area contributed by atoms with E-state index in [-0.39, 0.29) is 5.82 Å². The van der Waals surface area contributed by atoms with Crippen LogP contribution in [0.4, 0.5) is 22.0 Å². The maximum atomic E-state index is 15.2. The highest BCUT2D eigenvalue weighted by Crippen LogP contribution is 2.29. The maximum absolute atomic E-state index is 15.2. The summed E-state index contributed by atoms with van der Waals surface area (Å²) in [5.41, 5.74) is 2.97. The molecule has 0 N–H and O–H groups in total. The predicted octanol–water partition coefficient (Wildman–Crippen LogP) is 8.69. The van der Waals surface area contributed by atoms with E-state index in [1.807, 2.05) is 42.5 Å². The minimum atomic E-state index is -4.55. The zero-order chi connectivity index (χ0) is 26.4. The van der Waals surface area contributed by atoms with Gasteiger partial charge in [-0.05, 0) is 77.2 Å². The van der Waals surface area contributed by atoms with Gasteiger partial charge in [-0.1, -0.05) is 55.8 Å². The number of hydrogen-bond donors (Lipinski definition) is 0. The van der Waals surface area contributed by atoms with Crippen molar-refractivity contribution in [3.05, 3.63) is 95.6 Å². The van der Waals surface area contributed by atoms with Gasteiger partial charge in [-0.15, -0.1) is 0 Å². The number of unbranched alkanes of at least 4 members (excludes halogenated alkanes) is 1.